The molecule has 2 heterocycles. The molecule has 0 radical (unpaired) electrons. The zero-order valence-electron chi connectivity index (χ0n) is 18.5. The van der Waals surface area contributed by atoms with Crippen LogP contribution in [0.2, 0.25) is 0 Å². The summed E-state index contributed by atoms with van der Waals surface area (Å²) >= 11 is 0. The van der Waals surface area contributed by atoms with Crippen LogP contribution in [0.1, 0.15) is 12.0 Å². The number of hydrogen-bond acceptors (Lipinski definition) is 3. The molecule has 1 atom stereocenters. The van der Waals surface area contributed by atoms with Gasteiger partial charge in [0.2, 0.25) is 11.8 Å². The summed E-state index contributed by atoms with van der Waals surface area (Å²) in [7, 11) is 0. The van der Waals surface area contributed by atoms with E-state index in [1.807, 2.05) is 36.5 Å². The number of benzene rings is 3. The predicted octanol–water partition coefficient (Wildman–Crippen LogP) is 3.30. The van der Waals surface area contributed by atoms with Crippen LogP contribution in [-0.4, -0.2) is 47.0 Å². The highest BCUT2D eigenvalue weighted by Crippen LogP contribution is 2.22. The van der Waals surface area contributed by atoms with E-state index in [1.54, 1.807) is 0 Å². The molecule has 0 saturated carbocycles. The first kappa shape index (κ1) is 21.2. The maximum Gasteiger partial charge on any atom is 0.237 e. The van der Waals surface area contributed by atoms with Crippen molar-refractivity contribution < 1.29 is 9.59 Å². The van der Waals surface area contributed by atoms with Gasteiger partial charge in [-0.15, -0.1) is 0 Å². The number of carbonyl (C=O) groups excluding carboxylic acids is 2. The Kier molecular flexibility index (Phi) is 6.09. The molecule has 33 heavy (non-hydrogen) atoms. The summed E-state index contributed by atoms with van der Waals surface area (Å²) in [4.78, 5) is 27.5. The first-order valence-electron chi connectivity index (χ1n) is 11.5. The number of amides is 2. The van der Waals surface area contributed by atoms with Crippen LogP contribution in [-0.2, 0) is 22.7 Å². The van der Waals surface area contributed by atoms with E-state index in [2.05, 4.69) is 62.6 Å². The molecule has 6 heteroatoms. The molecule has 6 nitrogen and oxygen atoms in total. The summed E-state index contributed by atoms with van der Waals surface area (Å²) in [6.45, 7) is 3.18. The third kappa shape index (κ3) is 4.61. The van der Waals surface area contributed by atoms with Crippen molar-refractivity contribution in [2.75, 3.05) is 19.6 Å². The Bertz CT molecular complexity index is 1290. The molecule has 0 aliphatic carbocycles. The highest BCUT2D eigenvalue weighted by atomic mass is 16.2. The molecule has 1 aliphatic heterocycles. The number of fused-ring (bicyclic) bond motifs is 2. The van der Waals surface area contributed by atoms with Crippen LogP contribution in [0, 0.1) is 0 Å². The molecule has 168 valence electrons. The van der Waals surface area contributed by atoms with Gasteiger partial charge < -0.3 is 15.2 Å². The Morgan fingerprint density at radius 1 is 0.970 bits per heavy atom. The van der Waals surface area contributed by atoms with Gasteiger partial charge in [-0.1, -0.05) is 60.7 Å². The van der Waals surface area contributed by atoms with Gasteiger partial charge in [-0.2, -0.15) is 0 Å². The molecule has 2 N–H and O–H groups in total. The van der Waals surface area contributed by atoms with Gasteiger partial charge in [0, 0.05) is 44.4 Å². The fraction of sp³-hybridized carbons (Fsp3) is 0.259. The minimum atomic E-state index is -0.467. The minimum absolute atomic E-state index is 0.0759. The zero-order valence-corrected chi connectivity index (χ0v) is 18.5. The summed E-state index contributed by atoms with van der Waals surface area (Å²) in [5.74, 6) is -0.176. The van der Waals surface area contributed by atoms with Crippen LogP contribution in [0.3, 0.4) is 0 Å². The van der Waals surface area contributed by atoms with Gasteiger partial charge in [0.15, 0.2) is 0 Å². The maximum atomic E-state index is 12.7. The van der Waals surface area contributed by atoms with Crippen LogP contribution in [0.25, 0.3) is 21.7 Å². The lowest BCUT2D eigenvalue weighted by Gasteiger charge is -2.35. The van der Waals surface area contributed by atoms with Crippen LogP contribution in [0.4, 0.5) is 0 Å². The van der Waals surface area contributed by atoms with Crippen LogP contribution in [0.15, 0.2) is 79.0 Å². The van der Waals surface area contributed by atoms with Crippen LogP contribution < -0.4 is 10.6 Å². The number of nitrogens with one attached hydrogen (secondary N) is 2. The van der Waals surface area contributed by atoms with Gasteiger partial charge >= 0.3 is 0 Å². The van der Waals surface area contributed by atoms with Crippen LogP contribution in [0.5, 0.6) is 0 Å². The molecule has 1 aliphatic rings. The maximum absolute atomic E-state index is 12.7. The average Bonchev–Trinajstić information content (AvgIpc) is 3.25. The van der Waals surface area contributed by atoms with E-state index in [1.165, 1.54) is 21.7 Å². The van der Waals surface area contributed by atoms with Crippen molar-refractivity contribution in [3.63, 3.8) is 0 Å². The Labute approximate surface area is 193 Å². The molecule has 1 aromatic heterocycles. The van der Waals surface area contributed by atoms with Crippen molar-refractivity contribution in [3.8, 4) is 0 Å². The van der Waals surface area contributed by atoms with Crippen LogP contribution >= 0.6 is 0 Å². The summed E-state index contributed by atoms with van der Waals surface area (Å²) in [6.07, 6.45) is 2.19. The third-order valence-corrected chi connectivity index (χ3v) is 6.43. The Morgan fingerprint density at radius 3 is 2.67 bits per heavy atom. The van der Waals surface area contributed by atoms with Crippen molar-refractivity contribution >= 4 is 33.5 Å². The highest BCUT2D eigenvalue weighted by molar-refractivity contribution is 5.89. The Hall–Kier alpha value is -3.64. The van der Waals surface area contributed by atoms with Gasteiger partial charge in [0.25, 0.3) is 0 Å². The summed E-state index contributed by atoms with van der Waals surface area (Å²) in [5.41, 5.74) is 2.33. The first-order chi connectivity index (χ1) is 16.2. The van der Waals surface area contributed by atoms with Gasteiger partial charge in [-0.25, -0.2) is 0 Å². The van der Waals surface area contributed by atoms with E-state index < -0.39 is 6.04 Å². The number of aromatic nitrogens is 1. The second-order valence-electron chi connectivity index (χ2n) is 8.54. The standard InChI is InChI=1S/C27H28N4O2/c32-26(28-13-16-30-15-12-21-7-2-4-11-24(21)30)18-25-27(33)29-14-17-31(25)19-22-9-5-8-20-6-1-3-10-23(20)22/h1-12,15,25H,13-14,16-19H2,(H,28,32)(H,29,33). The number of hydrogen-bond donors (Lipinski definition) is 2. The summed E-state index contributed by atoms with van der Waals surface area (Å²) < 4.78 is 2.13. The Morgan fingerprint density at radius 2 is 1.76 bits per heavy atom. The monoisotopic (exact) mass is 440 g/mol. The summed E-state index contributed by atoms with van der Waals surface area (Å²) in [6, 6.07) is 24.3. The van der Waals surface area contributed by atoms with Gasteiger partial charge in [0.05, 0.1) is 12.5 Å². The third-order valence-electron chi connectivity index (χ3n) is 6.43. The number of rotatable bonds is 7. The smallest absolute Gasteiger partial charge is 0.237 e. The Balaban J connectivity index is 1.22. The first-order valence-corrected chi connectivity index (χ1v) is 11.5. The van der Waals surface area contributed by atoms with E-state index in [9.17, 15) is 9.59 Å². The lowest BCUT2D eigenvalue weighted by atomic mass is 10.0. The molecule has 1 saturated heterocycles. The largest absolute Gasteiger partial charge is 0.354 e. The molecule has 3 aromatic carbocycles. The lowest BCUT2D eigenvalue weighted by Crippen LogP contribution is -2.56. The van der Waals surface area contributed by atoms with E-state index in [0.717, 1.165) is 12.1 Å². The predicted molar refractivity (Wildman–Crippen MR) is 131 cm³/mol. The number of piperazine rings is 1. The molecule has 4 aromatic rings. The van der Waals surface area contributed by atoms with Gasteiger partial charge in [-0.05, 0) is 33.9 Å². The molecule has 0 bridgehead atoms. The van der Waals surface area contributed by atoms with Gasteiger partial charge in [-0.3, -0.25) is 14.5 Å². The quantitative estimate of drug-likeness (QED) is 0.463. The molecule has 1 unspecified atom stereocenters. The number of carbonyl (C=O) groups is 2. The molecular weight excluding hydrogens is 412 g/mol. The molecule has 1 fully saturated rings. The van der Waals surface area contributed by atoms with Crippen molar-refractivity contribution in [3.05, 3.63) is 84.6 Å². The number of para-hydroxylation sites is 1. The normalized spacial score (nSPS) is 16.7. The highest BCUT2D eigenvalue weighted by Gasteiger charge is 2.31. The fourth-order valence-electron chi connectivity index (χ4n) is 4.72. The average molecular weight is 441 g/mol. The van der Waals surface area contributed by atoms with E-state index in [4.69, 9.17) is 0 Å². The molecule has 5 rings (SSSR count). The number of nitrogens with zero attached hydrogens (tertiary/aromatic N) is 2. The minimum Gasteiger partial charge on any atom is -0.354 e. The second kappa shape index (κ2) is 9.46. The van der Waals surface area contributed by atoms with Gasteiger partial charge in [0.1, 0.15) is 0 Å². The second-order valence-corrected chi connectivity index (χ2v) is 8.54. The zero-order chi connectivity index (χ0) is 22.6. The van der Waals surface area contributed by atoms with Crippen molar-refractivity contribution in [2.45, 2.75) is 25.6 Å². The summed E-state index contributed by atoms with van der Waals surface area (Å²) in [5, 5.41) is 9.48. The molecule has 0 spiro atoms. The lowest BCUT2D eigenvalue weighted by molar-refractivity contribution is -0.134. The van der Waals surface area contributed by atoms with E-state index in [-0.39, 0.29) is 18.2 Å². The fourth-order valence-corrected chi connectivity index (χ4v) is 4.72. The van der Waals surface area contributed by atoms with E-state index in [0.29, 0.717) is 26.2 Å². The molecular formula is C27H28N4O2. The SMILES string of the molecule is O=C(CC1C(=O)NCCN1Cc1cccc2ccccc12)NCCn1ccc2ccccc21. The van der Waals surface area contributed by atoms with E-state index >= 15 is 0 Å². The van der Waals surface area contributed by atoms with Crippen molar-refractivity contribution in [1.29, 1.82) is 0 Å². The van der Waals surface area contributed by atoms with Crippen molar-refractivity contribution in [1.82, 2.24) is 20.1 Å². The molecule has 2 amide bonds. The van der Waals surface area contributed by atoms with Crippen molar-refractivity contribution in [2.24, 2.45) is 0 Å². The topological polar surface area (TPSA) is 66.4 Å².